The SMILES string of the molecule is COc1ccc(CNC(=O)c2cc(C(C)=O)cc(Br)n2)c(OC)c1. The molecular formula is C17H17BrN2O4. The molecule has 0 aliphatic carbocycles. The number of pyridine rings is 1. The molecule has 0 bridgehead atoms. The van der Waals surface area contributed by atoms with Crippen molar-refractivity contribution in [1.82, 2.24) is 10.3 Å². The zero-order chi connectivity index (χ0) is 17.7. The van der Waals surface area contributed by atoms with Gasteiger partial charge in [-0.25, -0.2) is 4.98 Å². The van der Waals surface area contributed by atoms with E-state index in [2.05, 4.69) is 26.2 Å². The van der Waals surface area contributed by atoms with E-state index in [1.807, 2.05) is 6.07 Å². The topological polar surface area (TPSA) is 77.5 Å². The van der Waals surface area contributed by atoms with Gasteiger partial charge >= 0.3 is 0 Å². The number of ether oxygens (including phenoxy) is 2. The fourth-order valence-corrected chi connectivity index (χ4v) is 2.52. The first-order chi connectivity index (χ1) is 11.4. The molecule has 0 aliphatic heterocycles. The van der Waals surface area contributed by atoms with E-state index in [0.29, 0.717) is 21.7 Å². The highest BCUT2D eigenvalue weighted by Crippen LogP contribution is 2.24. The molecule has 6 nitrogen and oxygen atoms in total. The van der Waals surface area contributed by atoms with Gasteiger partial charge in [0.15, 0.2) is 5.78 Å². The van der Waals surface area contributed by atoms with Gasteiger partial charge in [0.1, 0.15) is 21.8 Å². The number of Topliss-reactive ketones (excluding diaryl/α,β-unsaturated/α-hetero) is 1. The summed E-state index contributed by atoms with van der Waals surface area (Å²) in [6, 6.07) is 8.38. The van der Waals surface area contributed by atoms with Crippen LogP contribution >= 0.6 is 15.9 Å². The Kier molecular flexibility index (Phi) is 5.92. The first-order valence-electron chi connectivity index (χ1n) is 7.12. The second-order valence-corrected chi connectivity index (χ2v) is 5.79. The number of carbonyl (C=O) groups is 2. The van der Waals surface area contributed by atoms with Crippen molar-refractivity contribution in [1.29, 1.82) is 0 Å². The van der Waals surface area contributed by atoms with E-state index in [1.165, 1.54) is 13.0 Å². The van der Waals surface area contributed by atoms with Gasteiger partial charge in [0.05, 0.1) is 14.2 Å². The summed E-state index contributed by atoms with van der Waals surface area (Å²) in [7, 11) is 3.12. The molecule has 0 fully saturated rings. The molecule has 0 saturated carbocycles. The number of nitrogens with one attached hydrogen (secondary N) is 1. The Morgan fingerprint density at radius 2 is 1.92 bits per heavy atom. The number of rotatable bonds is 6. The molecule has 1 heterocycles. The number of ketones is 1. The van der Waals surface area contributed by atoms with Crippen LogP contribution in [0.2, 0.25) is 0 Å². The monoisotopic (exact) mass is 392 g/mol. The summed E-state index contributed by atoms with van der Waals surface area (Å²) in [4.78, 5) is 27.9. The molecule has 2 aromatic rings. The fraction of sp³-hybridized carbons (Fsp3) is 0.235. The van der Waals surface area contributed by atoms with Crippen molar-refractivity contribution < 1.29 is 19.1 Å². The van der Waals surface area contributed by atoms with Gasteiger partial charge in [-0.2, -0.15) is 0 Å². The average molecular weight is 393 g/mol. The maximum Gasteiger partial charge on any atom is 0.270 e. The van der Waals surface area contributed by atoms with E-state index >= 15 is 0 Å². The molecule has 1 aromatic carbocycles. The van der Waals surface area contributed by atoms with Gasteiger partial charge in [-0.05, 0) is 47.1 Å². The quantitative estimate of drug-likeness (QED) is 0.603. The standard InChI is InChI=1S/C17H17BrN2O4/c1-10(21)12-6-14(20-16(18)7-12)17(22)19-9-11-4-5-13(23-2)8-15(11)24-3/h4-8H,9H2,1-3H3,(H,19,22). The van der Waals surface area contributed by atoms with E-state index in [0.717, 1.165) is 5.56 Å². The largest absolute Gasteiger partial charge is 0.497 e. The van der Waals surface area contributed by atoms with Crippen LogP contribution in [0.5, 0.6) is 11.5 Å². The third-order valence-corrected chi connectivity index (χ3v) is 3.77. The number of hydrogen-bond acceptors (Lipinski definition) is 5. The van der Waals surface area contributed by atoms with Gasteiger partial charge in [0, 0.05) is 23.7 Å². The third kappa shape index (κ3) is 4.32. The number of halogens is 1. The molecule has 0 radical (unpaired) electrons. The number of carbonyl (C=O) groups excluding carboxylic acids is 2. The Labute approximate surface area is 148 Å². The van der Waals surface area contributed by atoms with Gasteiger partial charge in [0.25, 0.3) is 5.91 Å². The summed E-state index contributed by atoms with van der Waals surface area (Å²) in [5.41, 5.74) is 1.39. The maximum atomic E-state index is 12.3. The Bertz CT molecular complexity index is 777. The van der Waals surface area contributed by atoms with Crippen LogP contribution in [-0.2, 0) is 6.54 Å². The minimum Gasteiger partial charge on any atom is -0.497 e. The normalized spacial score (nSPS) is 10.2. The van der Waals surface area contributed by atoms with Crippen LogP contribution in [0.4, 0.5) is 0 Å². The van der Waals surface area contributed by atoms with E-state index in [-0.39, 0.29) is 23.9 Å². The maximum absolute atomic E-state index is 12.3. The number of amides is 1. The number of aromatic nitrogens is 1. The molecular weight excluding hydrogens is 376 g/mol. The number of benzene rings is 1. The van der Waals surface area contributed by atoms with Crippen molar-refractivity contribution in [3.8, 4) is 11.5 Å². The lowest BCUT2D eigenvalue weighted by atomic mass is 10.1. The minimum atomic E-state index is -0.378. The Morgan fingerprint density at radius 1 is 1.17 bits per heavy atom. The van der Waals surface area contributed by atoms with Gasteiger partial charge < -0.3 is 14.8 Å². The van der Waals surface area contributed by atoms with E-state index in [4.69, 9.17) is 9.47 Å². The molecule has 0 saturated heterocycles. The number of hydrogen-bond donors (Lipinski definition) is 1. The molecule has 1 amide bonds. The van der Waals surface area contributed by atoms with Crippen molar-refractivity contribution in [3.63, 3.8) is 0 Å². The van der Waals surface area contributed by atoms with Gasteiger partial charge in [-0.3, -0.25) is 9.59 Å². The molecule has 7 heteroatoms. The lowest BCUT2D eigenvalue weighted by molar-refractivity contribution is 0.0945. The second-order valence-electron chi connectivity index (χ2n) is 4.98. The van der Waals surface area contributed by atoms with Gasteiger partial charge in [-0.1, -0.05) is 0 Å². The zero-order valence-electron chi connectivity index (χ0n) is 13.6. The summed E-state index contributed by atoms with van der Waals surface area (Å²) in [5.74, 6) is 0.767. The molecule has 2 rings (SSSR count). The molecule has 1 N–H and O–H groups in total. The summed E-state index contributed by atoms with van der Waals surface area (Å²) in [5, 5.41) is 2.77. The zero-order valence-corrected chi connectivity index (χ0v) is 15.1. The van der Waals surface area contributed by atoms with Crippen molar-refractivity contribution in [2.75, 3.05) is 14.2 Å². The molecule has 0 spiro atoms. The number of methoxy groups -OCH3 is 2. The summed E-state index contributed by atoms with van der Waals surface area (Å²) in [6.45, 7) is 1.70. The van der Waals surface area contributed by atoms with Gasteiger partial charge in [-0.15, -0.1) is 0 Å². The van der Waals surface area contributed by atoms with Crippen LogP contribution in [0.3, 0.4) is 0 Å². The molecule has 24 heavy (non-hydrogen) atoms. The Morgan fingerprint density at radius 3 is 2.54 bits per heavy atom. The first kappa shape index (κ1) is 17.9. The van der Waals surface area contributed by atoms with Crippen LogP contribution in [0, 0.1) is 0 Å². The summed E-state index contributed by atoms with van der Waals surface area (Å²) < 4.78 is 10.9. The van der Waals surface area contributed by atoms with Crippen molar-refractivity contribution in [2.45, 2.75) is 13.5 Å². The minimum absolute atomic E-state index is 0.135. The van der Waals surface area contributed by atoms with Crippen molar-refractivity contribution in [3.05, 3.63) is 51.8 Å². The van der Waals surface area contributed by atoms with Crippen LogP contribution < -0.4 is 14.8 Å². The van der Waals surface area contributed by atoms with Crippen LogP contribution in [0.15, 0.2) is 34.9 Å². The van der Waals surface area contributed by atoms with Crippen molar-refractivity contribution in [2.24, 2.45) is 0 Å². The predicted octanol–water partition coefficient (Wildman–Crippen LogP) is 2.99. The molecule has 0 atom stereocenters. The van der Waals surface area contributed by atoms with Crippen LogP contribution in [-0.4, -0.2) is 30.9 Å². The average Bonchev–Trinajstić information content (AvgIpc) is 2.58. The van der Waals surface area contributed by atoms with Crippen LogP contribution in [0.25, 0.3) is 0 Å². The van der Waals surface area contributed by atoms with Crippen molar-refractivity contribution >= 4 is 27.6 Å². The highest BCUT2D eigenvalue weighted by atomic mass is 79.9. The van der Waals surface area contributed by atoms with E-state index in [1.54, 1.807) is 32.4 Å². The fourth-order valence-electron chi connectivity index (χ4n) is 2.08. The lowest BCUT2D eigenvalue weighted by Gasteiger charge is -2.11. The predicted molar refractivity (Wildman–Crippen MR) is 92.7 cm³/mol. The summed E-state index contributed by atoms with van der Waals surface area (Å²) in [6.07, 6.45) is 0. The van der Waals surface area contributed by atoms with Crippen LogP contribution in [0.1, 0.15) is 33.3 Å². The van der Waals surface area contributed by atoms with E-state index in [9.17, 15) is 9.59 Å². The number of nitrogens with zero attached hydrogens (tertiary/aromatic N) is 1. The Balaban J connectivity index is 2.15. The molecule has 126 valence electrons. The Hall–Kier alpha value is -2.41. The molecule has 1 aromatic heterocycles. The second kappa shape index (κ2) is 7.92. The highest BCUT2D eigenvalue weighted by molar-refractivity contribution is 9.10. The first-order valence-corrected chi connectivity index (χ1v) is 7.91. The van der Waals surface area contributed by atoms with E-state index < -0.39 is 0 Å². The molecule has 0 aliphatic rings. The lowest BCUT2D eigenvalue weighted by Crippen LogP contribution is -2.24. The molecule has 0 unspecified atom stereocenters. The summed E-state index contributed by atoms with van der Waals surface area (Å²) >= 11 is 3.21. The van der Waals surface area contributed by atoms with Gasteiger partial charge in [0.2, 0.25) is 0 Å². The third-order valence-electron chi connectivity index (χ3n) is 3.37. The smallest absolute Gasteiger partial charge is 0.270 e. The highest BCUT2D eigenvalue weighted by Gasteiger charge is 2.13.